The molecule has 0 aliphatic rings. The molecule has 9 aromatic rings. The number of fused-ring (bicyclic) bond motifs is 3. The van der Waals surface area contributed by atoms with Crippen molar-refractivity contribution in [1.29, 1.82) is 0 Å². The van der Waals surface area contributed by atoms with Crippen molar-refractivity contribution in [1.82, 2.24) is 15.0 Å². The fraction of sp³-hybridized carbons (Fsp3) is 0. The average molecular weight is 649 g/mol. The molecule has 4 heteroatoms. The van der Waals surface area contributed by atoms with Crippen LogP contribution in [0.2, 0.25) is 0 Å². The Bertz CT molecular complexity index is 2850. The first-order valence-electron chi connectivity index (χ1n) is 18.4. The molecule has 0 atom stereocenters. The maximum Gasteiger partial charge on any atom is 0.164 e. The monoisotopic (exact) mass is 648 g/mol. The van der Waals surface area contributed by atoms with Gasteiger partial charge < -0.3 is 0 Å². The van der Waals surface area contributed by atoms with Crippen LogP contribution >= 0.6 is 11.3 Å². The van der Waals surface area contributed by atoms with Gasteiger partial charge in [-0.1, -0.05) is 152 Å². The minimum absolute atomic E-state index is 0.183. The maximum absolute atomic E-state index is 8.86. The van der Waals surface area contributed by atoms with Crippen molar-refractivity contribution in [2.75, 3.05) is 0 Å². The number of aromatic nitrogens is 3. The fourth-order valence-electron chi connectivity index (χ4n) is 6.20. The van der Waals surface area contributed by atoms with Gasteiger partial charge >= 0.3 is 0 Å². The van der Waals surface area contributed by atoms with E-state index in [-0.39, 0.29) is 29.7 Å². The summed E-state index contributed by atoms with van der Waals surface area (Å²) < 4.78 is 44.6. The van der Waals surface area contributed by atoms with Gasteiger partial charge in [-0.3, -0.25) is 0 Å². The molecular formula is C45H29N3S. The van der Waals surface area contributed by atoms with Gasteiger partial charge in [0.15, 0.2) is 17.5 Å². The van der Waals surface area contributed by atoms with Gasteiger partial charge in [0.2, 0.25) is 0 Å². The zero-order valence-corrected chi connectivity index (χ0v) is 26.9. The SMILES string of the molecule is [2H]c1c([2H])c([2H])c(-c2cc(-c3ccccc3)cc3c2sc2cc(-c4nc(-c5ccccc5)nc(-c5cccc(-c6ccccc6)c5)n4)ccc23)c([2H])c1[2H]. The van der Waals surface area contributed by atoms with Gasteiger partial charge in [-0.15, -0.1) is 11.3 Å². The molecule has 230 valence electrons. The minimum Gasteiger partial charge on any atom is -0.208 e. The summed E-state index contributed by atoms with van der Waals surface area (Å²) in [5.41, 5.74) is 7.35. The first-order chi connectivity index (χ1) is 26.3. The quantitative estimate of drug-likeness (QED) is 0.180. The molecule has 2 aromatic heterocycles. The summed E-state index contributed by atoms with van der Waals surface area (Å²) in [4.78, 5) is 15.0. The first kappa shape index (κ1) is 24.0. The Balaban J connectivity index is 1.25. The molecular weight excluding hydrogens is 615 g/mol. The van der Waals surface area contributed by atoms with Crippen molar-refractivity contribution in [2.24, 2.45) is 0 Å². The molecule has 0 spiro atoms. The van der Waals surface area contributed by atoms with Crippen molar-refractivity contribution in [3.8, 4) is 67.5 Å². The van der Waals surface area contributed by atoms with Crippen LogP contribution in [0.25, 0.3) is 87.7 Å². The molecule has 0 aliphatic heterocycles. The van der Waals surface area contributed by atoms with Gasteiger partial charge in [-0.25, -0.2) is 15.0 Å². The van der Waals surface area contributed by atoms with Gasteiger partial charge in [-0.05, 0) is 52.1 Å². The van der Waals surface area contributed by atoms with E-state index in [2.05, 4.69) is 42.5 Å². The summed E-state index contributed by atoms with van der Waals surface area (Å²) >= 11 is 1.52. The second-order valence-corrected chi connectivity index (χ2v) is 12.8. The van der Waals surface area contributed by atoms with Crippen LogP contribution in [0.3, 0.4) is 0 Å². The fourth-order valence-corrected chi connectivity index (χ4v) is 7.45. The molecule has 0 bridgehead atoms. The Labute approximate surface area is 295 Å². The summed E-state index contributed by atoms with van der Waals surface area (Å²) in [6, 6.07) is 46.8. The highest BCUT2D eigenvalue weighted by molar-refractivity contribution is 7.26. The Morgan fingerprint density at radius 2 is 0.939 bits per heavy atom. The van der Waals surface area contributed by atoms with Crippen molar-refractivity contribution in [3.63, 3.8) is 0 Å². The summed E-state index contributed by atoms with van der Waals surface area (Å²) in [6.07, 6.45) is 0. The van der Waals surface area contributed by atoms with Gasteiger partial charge in [-0.2, -0.15) is 0 Å². The molecule has 0 saturated heterocycles. The average Bonchev–Trinajstić information content (AvgIpc) is 3.61. The molecule has 0 amide bonds. The van der Waals surface area contributed by atoms with Gasteiger partial charge in [0.1, 0.15) is 0 Å². The van der Waals surface area contributed by atoms with E-state index in [0.29, 0.717) is 23.0 Å². The number of hydrogen-bond donors (Lipinski definition) is 0. The third-order valence-electron chi connectivity index (χ3n) is 8.60. The normalized spacial score (nSPS) is 12.7. The number of rotatable bonds is 6. The number of benzene rings is 7. The van der Waals surface area contributed by atoms with Crippen molar-refractivity contribution < 1.29 is 6.85 Å². The van der Waals surface area contributed by atoms with E-state index in [0.717, 1.165) is 59.1 Å². The number of hydrogen-bond acceptors (Lipinski definition) is 4. The Morgan fingerprint density at radius 1 is 0.388 bits per heavy atom. The molecule has 0 N–H and O–H groups in total. The molecule has 9 rings (SSSR count). The van der Waals surface area contributed by atoms with E-state index >= 15 is 0 Å². The van der Waals surface area contributed by atoms with E-state index in [1.165, 1.54) is 11.3 Å². The van der Waals surface area contributed by atoms with Crippen molar-refractivity contribution in [3.05, 3.63) is 176 Å². The largest absolute Gasteiger partial charge is 0.208 e. The van der Waals surface area contributed by atoms with Crippen LogP contribution in [0.1, 0.15) is 6.85 Å². The van der Waals surface area contributed by atoms with Crippen LogP contribution in [0.5, 0.6) is 0 Å². The van der Waals surface area contributed by atoms with Crippen LogP contribution in [0.4, 0.5) is 0 Å². The molecule has 0 saturated carbocycles. The summed E-state index contributed by atoms with van der Waals surface area (Å²) in [6.45, 7) is 0. The molecule has 0 aliphatic carbocycles. The molecule has 0 unspecified atom stereocenters. The third-order valence-corrected chi connectivity index (χ3v) is 9.80. The Morgan fingerprint density at radius 3 is 1.61 bits per heavy atom. The molecule has 0 fully saturated rings. The summed E-state index contributed by atoms with van der Waals surface area (Å²) in [5, 5.41) is 1.92. The maximum atomic E-state index is 8.86. The first-order valence-corrected chi connectivity index (χ1v) is 16.8. The Hall–Kier alpha value is -6.23. The van der Waals surface area contributed by atoms with E-state index in [1.807, 2.05) is 103 Å². The summed E-state index contributed by atoms with van der Waals surface area (Å²) in [5.74, 6) is 1.65. The van der Waals surface area contributed by atoms with Crippen LogP contribution in [0.15, 0.2) is 176 Å². The lowest BCUT2D eigenvalue weighted by Gasteiger charge is -2.10. The highest BCUT2D eigenvalue weighted by atomic mass is 32.1. The molecule has 0 radical (unpaired) electrons. The van der Waals surface area contributed by atoms with Crippen molar-refractivity contribution >= 4 is 31.5 Å². The highest BCUT2D eigenvalue weighted by Crippen LogP contribution is 2.43. The van der Waals surface area contributed by atoms with Crippen LogP contribution in [-0.4, -0.2) is 15.0 Å². The predicted molar refractivity (Wildman–Crippen MR) is 205 cm³/mol. The molecule has 3 nitrogen and oxygen atoms in total. The van der Waals surface area contributed by atoms with Crippen molar-refractivity contribution in [2.45, 2.75) is 0 Å². The smallest absolute Gasteiger partial charge is 0.164 e. The van der Waals surface area contributed by atoms with E-state index < -0.39 is 6.04 Å². The van der Waals surface area contributed by atoms with Crippen LogP contribution in [0, 0.1) is 0 Å². The standard InChI is InChI=1S/C45H29N3S/c1-5-14-30(15-6-1)34-22-13-23-35(26-34)44-46-43(33-20-11-4-12-21-33)47-45(48-44)36-24-25-38-40-28-37(31-16-7-2-8-17-31)27-39(32-18-9-3-10-19-32)42(40)49-41(38)29-36/h1-29H/i3D,9D,10D,18D,19D. The summed E-state index contributed by atoms with van der Waals surface area (Å²) in [7, 11) is 0. The predicted octanol–water partition coefficient (Wildman–Crippen LogP) is 12.2. The molecule has 49 heavy (non-hydrogen) atoms. The molecule has 7 aromatic carbocycles. The highest BCUT2D eigenvalue weighted by Gasteiger charge is 2.17. The van der Waals surface area contributed by atoms with E-state index in [1.54, 1.807) is 0 Å². The third kappa shape index (κ3) is 5.58. The number of nitrogens with zero attached hydrogens (tertiary/aromatic N) is 3. The lowest BCUT2D eigenvalue weighted by atomic mass is 9.96. The van der Waals surface area contributed by atoms with Gasteiger partial charge in [0.05, 0.1) is 6.85 Å². The number of thiophene rings is 1. The lowest BCUT2D eigenvalue weighted by molar-refractivity contribution is 1.07. The minimum atomic E-state index is -0.413. The second-order valence-electron chi connectivity index (χ2n) is 11.7. The van der Waals surface area contributed by atoms with E-state index in [9.17, 15) is 0 Å². The van der Waals surface area contributed by atoms with E-state index in [4.69, 9.17) is 21.8 Å². The van der Waals surface area contributed by atoms with Gasteiger partial charge in [0, 0.05) is 42.4 Å². The zero-order chi connectivity index (χ0) is 36.9. The van der Waals surface area contributed by atoms with Crippen LogP contribution < -0.4 is 0 Å². The zero-order valence-electron chi connectivity index (χ0n) is 31.1. The Kier molecular flexibility index (Phi) is 6.08. The lowest BCUT2D eigenvalue weighted by Crippen LogP contribution is -2.00. The second kappa shape index (κ2) is 12.4. The molecule has 2 heterocycles. The van der Waals surface area contributed by atoms with Gasteiger partial charge in [0.25, 0.3) is 0 Å². The van der Waals surface area contributed by atoms with Crippen LogP contribution in [-0.2, 0) is 0 Å². The topological polar surface area (TPSA) is 38.7 Å².